The first-order chi connectivity index (χ1) is 6.27. The van der Waals surface area contributed by atoms with Crippen LogP contribution in [0.3, 0.4) is 0 Å². The maximum absolute atomic E-state index is 2.27. The van der Waals surface area contributed by atoms with Crippen molar-refractivity contribution in [1.29, 1.82) is 0 Å². The van der Waals surface area contributed by atoms with Crippen LogP contribution >= 0.6 is 11.3 Å². The van der Waals surface area contributed by atoms with Crippen molar-refractivity contribution < 1.29 is 0 Å². The van der Waals surface area contributed by atoms with Gasteiger partial charge < -0.3 is 0 Å². The molecule has 0 aliphatic heterocycles. The third-order valence-corrected chi connectivity index (χ3v) is 2.84. The Bertz CT molecular complexity index is 316. The zero-order chi connectivity index (χ0) is 9.68. The lowest BCUT2D eigenvalue weighted by Gasteiger charge is -1.96. The van der Waals surface area contributed by atoms with Gasteiger partial charge in [-0.3, -0.25) is 0 Å². The van der Waals surface area contributed by atoms with Gasteiger partial charge in [-0.25, -0.2) is 0 Å². The van der Waals surface area contributed by atoms with Crippen molar-refractivity contribution in [3.8, 4) is 0 Å². The molecule has 0 saturated heterocycles. The summed E-state index contributed by atoms with van der Waals surface area (Å²) in [7, 11) is 0. The molecule has 0 aliphatic rings. The molecule has 0 atom stereocenters. The predicted octanol–water partition coefficient (Wildman–Crippen LogP) is 4.43. The largest absolute Gasteiger partial charge is 0.141 e. The highest BCUT2D eigenvalue weighted by Gasteiger charge is 1.99. The van der Waals surface area contributed by atoms with Crippen molar-refractivity contribution in [2.45, 2.75) is 27.2 Å². The summed E-state index contributed by atoms with van der Waals surface area (Å²) in [4.78, 5) is 2.75. The maximum Gasteiger partial charge on any atom is 0.0342 e. The lowest BCUT2D eigenvalue weighted by Crippen LogP contribution is -1.73. The molecule has 0 unspecified atom stereocenters. The van der Waals surface area contributed by atoms with Crippen LogP contribution in [0.2, 0.25) is 0 Å². The standard InChI is InChI=1S/C12H16S/c1-4-6-11(7-5-2)12-9-8-10(3)13-12/h4,6-9H,5H2,1-3H3/b6-4-,11-7+. The molecule has 0 nitrogen and oxygen atoms in total. The van der Waals surface area contributed by atoms with E-state index in [4.69, 9.17) is 0 Å². The molecule has 1 heteroatoms. The molecular weight excluding hydrogens is 176 g/mol. The highest BCUT2D eigenvalue weighted by atomic mass is 32.1. The average Bonchev–Trinajstić information content (AvgIpc) is 2.51. The van der Waals surface area contributed by atoms with Crippen molar-refractivity contribution in [1.82, 2.24) is 0 Å². The van der Waals surface area contributed by atoms with Crippen molar-refractivity contribution in [2.75, 3.05) is 0 Å². The quantitative estimate of drug-likeness (QED) is 0.622. The van der Waals surface area contributed by atoms with Crippen LogP contribution in [-0.2, 0) is 0 Å². The molecule has 0 spiro atoms. The van der Waals surface area contributed by atoms with Gasteiger partial charge in [0, 0.05) is 9.75 Å². The summed E-state index contributed by atoms with van der Waals surface area (Å²) in [6.45, 7) is 6.38. The zero-order valence-corrected chi connectivity index (χ0v) is 9.32. The highest BCUT2D eigenvalue weighted by molar-refractivity contribution is 7.13. The Balaban J connectivity index is 2.95. The molecule has 0 radical (unpaired) electrons. The summed E-state index contributed by atoms with van der Waals surface area (Å²) in [5, 5.41) is 0. The summed E-state index contributed by atoms with van der Waals surface area (Å²) in [6.07, 6.45) is 7.63. The van der Waals surface area contributed by atoms with Gasteiger partial charge in [0.2, 0.25) is 0 Å². The van der Waals surface area contributed by atoms with E-state index in [2.05, 4.69) is 51.1 Å². The van der Waals surface area contributed by atoms with Gasteiger partial charge in [-0.2, -0.15) is 0 Å². The molecule has 0 bridgehead atoms. The number of hydrogen-bond acceptors (Lipinski definition) is 1. The van der Waals surface area contributed by atoms with Crippen LogP contribution < -0.4 is 0 Å². The molecule has 13 heavy (non-hydrogen) atoms. The molecule has 0 aromatic carbocycles. The minimum absolute atomic E-state index is 1.09. The Hall–Kier alpha value is -0.820. The first-order valence-corrected chi connectivity index (χ1v) is 5.49. The third kappa shape index (κ3) is 2.85. The summed E-state index contributed by atoms with van der Waals surface area (Å²) in [6, 6.07) is 4.37. The van der Waals surface area contributed by atoms with Gasteiger partial charge in [-0.15, -0.1) is 11.3 Å². The number of hydrogen-bond donors (Lipinski definition) is 0. The van der Waals surface area contributed by atoms with E-state index in [1.54, 1.807) is 0 Å². The molecule has 1 rings (SSSR count). The van der Waals surface area contributed by atoms with Crippen molar-refractivity contribution in [3.63, 3.8) is 0 Å². The smallest absolute Gasteiger partial charge is 0.0342 e. The van der Waals surface area contributed by atoms with Gasteiger partial charge in [0.1, 0.15) is 0 Å². The lowest BCUT2D eigenvalue weighted by atomic mass is 10.2. The van der Waals surface area contributed by atoms with Crippen molar-refractivity contribution in [3.05, 3.63) is 40.1 Å². The van der Waals surface area contributed by atoms with Gasteiger partial charge in [0.15, 0.2) is 0 Å². The van der Waals surface area contributed by atoms with E-state index in [-0.39, 0.29) is 0 Å². The molecule has 0 aliphatic carbocycles. The average molecular weight is 192 g/mol. The van der Waals surface area contributed by atoms with Crippen LogP contribution in [0.5, 0.6) is 0 Å². The van der Waals surface area contributed by atoms with Crippen LogP contribution in [0.25, 0.3) is 5.57 Å². The van der Waals surface area contributed by atoms with Crippen LogP contribution in [0.1, 0.15) is 30.0 Å². The second-order valence-electron chi connectivity index (χ2n) is 2.98. The fourth-order valence-electron chi connectivity index (χ4n) is 1.24. The second kappa shape index (κ2) is 5.03. The number of allylic oxidation sites excluding steroid dienone is 4. The SMILES string of the molecule is C/C=C\C(=C/CC)c1ccc(C)s1. The third-order valence-electron chi connectivity index (χ3n) is 1.80. The minimum atomic E-state index is 1.09. The Morgan fingerprint density at radius 2 is 2.23 bits per heavy atom. The fourth-order valence-corrected chi connectivity index (χ4v) is 2.13. The van der Waals surface area contributed by atoms with Crippen molar-refractivity contribution >= 4 is 16.9 Å². The van der Waals surface area contributed by atoms with E-state index in [1.165, 1.54) is 15.3 Å². The van der Waals surface area contributed by atoms with E-state index in [9.17, 15) is 0 Å². The second-order valence-corrected chi connectivity index (χ2v) is 4.27. The Morgan fingerprint density at radius 1 is 1.46 bits per heavy atom. The Labute approximate surface area is 84.6 Å². The summed E-state index contributed by atoms with van der Waals surface area (Å²) >= 11 is 1.86. The van der Waals surface area contributed by atoms with E-state index in [1.807, 2.05) is 11.3 Å². The number of thiophene rings is 1. The minimum Gasteiger partial charge on any atom is -0.141 e. The van der Waals surface area contributed by atoms with E-state index in [0.29, 0.717) is 0 Å². The molecule has 1 aromatic heterocycles. The summed E-state index contributed by atoms with van der Waals surface area (Å²) in [5.41, 5.74) is 1.35. The molecule has 0 amide bonds. The normalized spacial score (nSPS) is 12.7. The van der Waals surface area contributed by atoms with Crippen molar-refractivity contribution in [2.24, 2.45) is 0 Å². The van der Waals surface area contributed by atoms with Gasteiger partial charge >= 0.3 is 0 Å². The molecule has 0 saturated carbocycles. The molecule has 1 aromatic rings. The molecule has 0 fully saturated rings. The number of aryl methyl sites for hydroxylation is 1. The first-order valence-electron chi connectivity index (χ1n) is 4.67. The van der Waals surface area contributed by atoms with Gasteiger partial charge in [0.05, 0.1) is 0 Å². The van der Waals surface area contributed by atoms with Gasteiger partial charge in [-0.1, -0.05) is 25.2 Å². The molecular formula is C12H16S. The van der Waals surface area contributed by atoms with E-state index < -0.39 is 0 Å². The van der Waals surface area contributed by atoms with Crippen LogP contribution in [-0.4, -0.2) is 0 Å². The zero-order valence-electron chi connectivity index (χ0n) is 8.50. The predicted molar refractivity (Wildman–Crippen MR) is 62.1 cm³/mol. The Morgan fingerprint density at radius 3 is 2.69 bits per heavy atom. The van der Waals surface area contributed by atoms with Gasteiger partial charge in [0.25, 0.3) is 0 Å². The summed E-state index contributed by atoms with van der Waals surface area (Å²) in [5.74, 6) is 0. The number of rotatable bonds is 3. The van der Waals surface area contributed by atoms with Crippen LogP contribution in [0.15, 0.2) is 30.4 Å². The van der Waals surface area contributed by atoms with E-state index in [0.717, 1.165) is 6.42 Å². The topological polar surface area (TPSA) is 0 Å². The summed E-state index contributed by atoms with van der Waals surface area (Å²) < 4.78 is 0. The molecule has 70 valence electrons. The van der Waals surface area contributed by atoms with Gasteiger partial charge in [-0.05, 0) is 38.0 Å². The van der Waals surface area contributed by atoms with Crippen LogP contribution in [0.4, 0.5) is 0 Å². The fraction of sp³-hybridized carbons (Fsp3) is 0.333. The molecule has 1 heterocycles. The Kier molecular flexibility index (Phi) is 3.97. The van der Waals surface area contributed by atoms with Crippen LogP contribution in [0, 0.1) is 6.92 Å². The van der Waals surface area contributed by atoms with E-state index >= 15 is 0 Å². The maximum atomic E-state index is 2.27. The highest BCUT2D eigenvalue weighted by Crippen LogP contribution is 2.24. The first kappa shape index (κ1) is 10.3. The lowest BCUT2D eigenvalue weighted by molar-refractivity contribution is 1.23. The molecule has 0 N–H and O–H groups in total. The monoisotopic (exact) mass is 192 g/mol.